The highest BCUT2D eigenvalue weighted by Gasteiger charge is 2.20. The lowest BCUT2D eigenvalue weighted by Crippen LogP contribution is -2.42. The maximum Gasteiger partial charge on any atom is 0.228 e. The number of thiazole rings is 1. The van der Waals surface area contributed by atoms with Crippen molar-refractivity contribution in [3.05, 3.63) is 82.6 Å². The summed E-state index contributed by atoms with van der Waals surface area (Å²) in [6, 6.07) is 16.5. The number of rotatable bonds is 8. The molecule has 4 heterocycles. The Morgan fingerprint density at radius 2 is 1.90 bits per heavy atom. The van der Waals surface area contributed by atoms with E-state index in [-0.39, 0.29) is 0 Å². The van der Waals surface area contributed by atoms with Gasteiger partial charge in [0, 0.05) is 46.8 Å². The largest absolute Gasteiger partial charge is 0.437 e. The number of anilines is 2. The molecule has 0 bridgehead atoms. The molecule has 1 aliphatic rings. The summed E-state index contributed by atoms with van der Waals surface area (Å²) < 4.78 is 6.59. The van der Waals surface area contributed by atoms with E-state index >= 15 is 0 Å². The van der Waals surface area contributed by atoms with Gasteiger partial charge in [-0.05, 0) is 62.6 Å². The lowest BCUT2D eigenvalue weighted by Gasteiger charge is -2.28. The first-order valence-electron chi connectivity index (χ1n) is 13.6. The van der Waals surface area contributed by atoms with Crippen LogP contribution in [0.2, 0.25) is 0 Å². The molecule has 1 saturated heterocycles. The molecule has 6 rings (SSSR count). The van der Waals surface area contributed by atoms with Crippen molar-refractivity contribution in [3.63, 3.8) is 0 Å². The van der Waals surface area contributed by atoms with Crippen LogP contribution in [0.4, 0.5) is 11.6 Å². The van der Waals surface area contributed by atoms with Crippen LogP contribution in [0.15, 0.2) is 66.3 Å². The molecule has 5 aromatic rings. The Morgan fingerprint density at radius 3 is 2.75 bits per heavy atom. The van der Waals surface area contributed by atoms with Crippen molar-refractivity contribution in [2.24, 2.45) is 5.92 Å². The van der Waals surface area contributed by atoms with Crippen LogP contribution in [0, 0.1) is 19.8 Å². The third kappa shape index (κ3) is 5.76. The normalized spacial score (nSPS) is 17.1. The van der Waals surface area contributed by atoms with E-state index in [1.54, 1.807) is 23.7 Å². The number of piperidine rings is 1. The van der Waals surface area contributed by atoms with Crippen LogP contribution in [-0.4, -0.2) is 39.1 Å². The van der Waals surface area contributed by atoms with Gasteiger partial charge in [-0.15, -0.1) is 11.3 Å². The van der Waals surface area contributed by atoms with Crippen molar-refractivity contribution in [3.8, 4) is 22.9 Å². The summed E-state index contributed by atoms with van der Waals surface area (Å²) in [5, 5.41) is 15.8. The van der Waals surface area contributed by atoms with Gasteiger partial charge in [0.1, 0.15) is 5.75 Å². The van der Waals surface area contributed by atoms with Gasteiger partial charge in [-0.1, -0.05) is 31.2 Å². The lowest BCUT2D eigenvalue weighted by atomic mass is 9.98. The molecule has 0 spiro atoms. The predicted molar refractivity (Wildman–Crippen MR) is 162 cm³/mol. The first-order chi connectivity index (χ1) is 19.5. The molecular formula is C31H33N7OS. The van der Waals surface area contributed by atoms with Gasteiger partial charge in [0.25, 0.3) is 0 Å². The molecule has 0 amide bonds. The van der Waals surface area contributed by atoms with Crippen molar-refractivity contribution in [2.45, 2.75) is 39.8 Å². The number of fused-ring (bicyclic) bond motifs is 1. The average Bonchev–Trinajstić information content (AvgIpc) is 3.38. The van der Waals surface area contributed by atoms with Crippen molar-refractivity contribution in [1.82, 2.24) is 25.3 Å². The number of benzene rings is 2. The zero-order chi connectivity index (χ0) is 27.5. The predicted octanol–water partition coefficient (Wildman–Crippen LogP) is 6.58. The second-order valence-corrected chi connectivity index (χ2v) is 11.4. The Kier molecular flexibility index (Phi) is 7.57. The number of nitrogens with zero attached hydrogens (tertiary/aromatic N) is 4. The quantitative estimate of drug-likeness (QED) is 0.199. The monoisotopic (exact) mass is 551 g/mol. The van der Waals surface area contributed by atoms with Gasteiger partial charge in [-0.25, -0.2) is 19.9 Å². The fourth-order valence-electron chi connectivity index (χ4n) is 5.19. The molecule has 3 aromatic heterocycles. The van der Waals surface area contributed by atoms with Crippen LogP contribution in [0.25, 0.3) is 22.0 Å². The van der Waals surface area contributed by atoms with E-state index in [0.29, 0.717) is 30.3 Å². The minimum Gasteiger partial charge on any atom is -0.437 e. The third-order valence-corrected chi connectivity index (χ3v) is 7.96. The smallest absolute Gasteiger partial charge is 0.228 e. The highest BCUT2D eigenvalue weighted by molar-refractivity contribution is 7.09. The van der Waals surface area contributed by atoms with E-state index < -0.39 is 0 Å². The van der Waals surface area contributed by atoms with E-state index in [0.717, 1.165) is 69.2 Å². The highest BCUT2D eigenvalue weighted by atomic mass is 32.1. The molecule has 1 fully saturated rings. The van der Waals surface area contributed by atoms with Crippen LogP contribution >= 0.6 is 11.3 Å². The first kappa shape index (κ1) is 26.2. The van der Waals surface area contributed by atoms with Crippen molar-refractivity contribution >= 4 is 33.7 Å². The van der Waals surface area contributed by atoms with Gasteiger partial charge in [0.15, 0.2) is 0 Å². The molecule has 40 heavy (non-hydrogen) atoms. The maximum atomic E-state index is 6.59. The van der Waals surface area contributed by atoms with Crippen molar-refractivity contribution in [2.75, 3.05) is 23.7 Å². The minimum absolute atomic E-state index is 0.296. The average molecular weight is 552 g/mol. The second-order valence-electron chi connectivity index (χ2n) is 10.4. The standard InChI is InChI=1S/C31H33N7OS/c1-19-14-22(16-32-15-19)37-31-34-13-11-28(38-31)26-7-5-12-33-30(26)39-29-20(2)9-10-24-25(29)6-4-8-27(24)35-17-23-18-40-21(3)36-23/h4-13,18-19,22,32,35H,14-17H2,1-3H3,(H,34,37,38)/t19-,22+/m1/s1. The second kappa shape index (κ2) is 11.6. The third-order valence-electron chi connectivity index (χ3n) is 7.14. The molecule has 2 aromatic carbocycles. The molecule has 0 saturated carbocycles. The number of hydrogen-bond acceptors (Lipinski definition) is 9. The highest BCUT2D eigenvalue weighted by Crippen LogP contribution is 2.38. The number of hydrogen-bond donors (Lipinski definition) is 3. The summed E-state index contributed by atoms with van der Waals surface area (Å²) in [5.74, 6) is 2.51. The van der Waals surface area contributed by atoms with Gasteiger partial charge in [-0.2, -0.15) is 0 Å². The van der Waals surface area contributed by atoms with E-state index in [4.69, 9.17) is 9.72 Å². The molecule has 0 aliphatic carbocycles. The van der Waals surface area contributed by atoms with Crippen molar-refractivity contribution < 1.29 is 4.74 Å². The van der Waals surface area contributed by atoms with Crippen LogP contribution in [-0.2, 0) is 6.54 Å². The molecule has 204 valence electrons. The Hall–Kier alpha value is -4.08. The van der Waals surface area contributed by atoms with E-state index in [9.17, 15) is 0 Å². The lowest BCUT2D eigenvalue weighted by molar-refractivity contribution is 0.377. The Morgan fingerprint density at radius 1 is 0.975 bits per heavy atom. The molecule has 3 N–H and O–H groups in total. The molecule has 8 nitrogen and oxygen atoms in total. The van der Waals surface area contributed by atoms with Crippen LogP contribution < -0.4 is 20.7 Å². The molecule has 0 unspecified atom stereocenters. The van der Waals surface area contributed by atoms with Crippen LogP contribution in [0.5, 0.6) is 11.6 Å². The van der Waals surface area contributed by atoms with Gasteiger partial charge in [0.2, 0.25) is 11.8 Å². The minimum atomic E-state index is 0.296. The zero-order valence-corrected chi connectivity index (χ0v) is 23.8. The van der Waals surface area contributed by atoms with Gasteiger partial charge < -0.3 is 20.7 Å². The Bertz CT molecular complexity index is 1640. The van der Waals surface area contributed by atoms with E-state index in [2.05, 4.69) is 74.4 Å². The summed E-state index contributed by atoms with van der Waals surface area (Å²) in [6.45, 7) is 8.95. The number of aromatic nitrogens is 4. The maximum absolute atomic E-state index is 6.59. The van der Waals surface area contributed by atoms with Gasteiger partial charge >= 0.3 is 0 Å². The summed E-state index contributed by atoms with van der Waals surface area (Å²) in [6.07, 6.45) is 4.62. The number of ether oxygens (including phenoxy) is 1. The molecule has 1 aliphatic heterocycles. The van der Waals surface area contributed by atoms with Crippen LogP contribution in [0.3, 0.4) is 0 Å². The molecule has 9 heteroatoms. The Balaban J connectivity index is 1.29. The van der Waals surface area contributed by atoms with Crippen LogP contribution in [0.1, 0.15) is 29.6 Å². The fourth-order valence-corrected chi connectivity index (χ4v) is 5.81. The summed E-state index contributed by atoms with van der Waals surface area (Å²) >= 11 is 1.66. The topological polar surface area (TPSA) is 96.9 Å². The molecular weight excluding hydrogens is 518 g/mol. The van der Waals surface area contributed by atoms with Gasteiger partial charge in [0.05, 0.1) is 28.5 Å². The van der Waals surface area contributed by atoms with Gasteiger partial charge in [-0.3, -0.25) is 0 Å². The molecule has 0 radical (unpaired) electrons. The van der Waals surface area contributed by atoms with Crippen molar-refractivity contribution in [1.29, 1.82) is 0 Å². The Labute approximate surface area is 238 Å². The van der Waals surface area contributed by atoms with E-state index in [1.165, 1.54) is 0 Å². The zero-order valence-electron chi connectivity index (χ0n) is 22.9. The summed E-state index contributed by atoms with van der Waals surface area (Å²) in [4.78, 5) is 18.5. The molecule has 2 atom stereocenters. The fraction of sp³-hybridized carbons (Fsp3) is 0.290. The number of nitrogens with one attached hydrogen (secondary N) is 3. The summed E-state index contributed by atoms with van der Waals surface area (Å²) in [7, 11) is 0. The van der Waals surface area contributed by atoms with E-state index in [1.807, 2.05) is 31.2 Å². The summed E-state index contributed by atoms with van der Waals surface area (Å²) in [5.41, 5.74) is 4.67. The first-order valence-corrected chi connectivity index (χ1v) is 14.5. The SMILES string of the molecule is Cc1nc(CNc2cccc3c(Oc4ncccc4-c4ccnc(N[C@@H]5CNC[C@H](C)C5)n4)c(C)ccc23)cs1. The number of pyridine rings is 1. The number of aryl methyl sites for hydroxylation is 2.